The number of carbonyl (C=O) groups excluding carboxylic acids is 1. The molecule has 20 heavy (non-hydrogen) atoms. The molecule has 106 valence electrons. The third kappa shape index (κ3) is 3.53. The maximum Gasteiger partial charge on any atom is 0.253 e. The molecule has 0 aromatic heterocycles. The summed E-state index contributed by atoms with van der Waals surface area (Å²) in [4.78, 5) is 14.2. The van der Waals surface area contributed by atoms with Crippen LogP contribution >= 0.6 is 11.6 Å². The molecule has 0 bridgehead atoms. The van der Waals surface area contributed by atoms with Crippen LogP contribution in [0.1, 0.15) is 35.7 Å². The molecule has 0 spiro atoms. The molecule has 2 rings (SSSR count). The van der Waals surface area contributed by atoms with Crippen LogP contribution in [0.3, 0.4) is 0 Å². The summed E-state index contributed by atoms with van der Waals surface area (Å²) in [6, 6.07) is 5.20. The Hall–Kier alpha value is -1.50. The number of nitrogens with zero attached hydrogens (tertiary/aromatic N) is 1. The van der Waals surface area contributed by atoms with E-state index in [1.165, 1.54) is 0 Å². The van der Waals surface area contributed by atoms with Gasteiger partial charge in [0.15, 0.2) is 0 Å². The van der Waals surface area contributed by atoms with Crippen molar-refractivity contribution in [1.82, 2.24) is 4.90 Å². The van der Waals surface area contributed by atoms with Crippen LogP contribution in [0, 0.1) is 17.8 Å². The average molecular weight is 292 g/mol. The van der Waals surface area contributed by atoms with Gasteiger partial charge >= 0.3 is 0 Å². The number of aliphatic hydroxyl groups is 1. The van der Waals surface area contributed by atoms with E-state index in [9.17, 15) is 4.79 Å². The first-order valence-corrected chi connectivity index (χ1v) is 7.18. The molecule has 4 heteroatoms. The summed E-state index contributed by atoms with van der Waals surface area (Å²) in [5.74, 6) is 6.31. The number of carbonyl (C=O) groups is 1. The number of rotatable bonds is 2. The Labute approximate surface area is 124 Å². The van der Waals surface area contributed by atoms with Gasteiger partial charge in [-0.15, -0.1) is 0 Å². The highest BCUT2D eigenvalue weighted by atomic mass is 35.5. The fourth-order valence-corrected chi connectivity index (χ4v) is 2.49. The molecule has 1 saturated heterocycles. The lowest BCUT2D eigenvalue weighted by Gasteiger charge is -2.16. The molecule has 1 atom stereocenters. The summed E-state index contributed by atoms with van der Waals surface area (Å²) in [5, 5.41) is 9.17. The van der Waals surface area contributed by atoms with E-state index >= 15 is 0 Å². The molecule has 0 radical (unpaired) electrons. The zero-order chi connectivity index (χ0) is 14.5. The van der Waals surface area contributed by atoms with Gasteiger partial charge in [-0.2, -0.15) is 0 Å². The van der Waals surface area contributed by atoms with Crippen molar-refractivity contribution in [1.29, 1.82) is 0 Å². The van der Waals surface area contributed by atoms with Crippen molar-refractivity contribution < 1.29 is 9.90 Å². The number of hydrogen-bond donors (Lipinski definition) is 1. The Bertz CT molecular complexity index is 559. The third-order valence-corrected chi connectivity index (χ3v) is 3.70. The number of benzene rings is 1. The van der Waals surface area contributed by atoms with Crippen molar-refractivity contribution in [2.75, 3.05) is 19.7 Å². The monoisotopic (exact) mass is 291 g/mol. The lowest BCUT2D eigenvalue weighted by molar-refractivity contribution is 0.0788. The van der Waals surface area contributed by atoms with E-state index in [0.717, 1.165) is 19.5 Å². The molecular formula is C16H18ClNO2. The summed E-state index contributed by atoms with van der Waals surface area (Å²) in [6.45, 7) is 3.82. The van der Waals surface area contributed by atoms with Crippen LogP contribution in [0.15, 0.2) is 18.2 Å². The quantitative estimate of drug-likeness (QED) is 0.851. The fourth-order valence-electron chi connectivity index (χ4n) is 2.27. The predicted octanol–water partition coefficient (Wildman–Crippen LogP) is 2.56. The van der Waals surface area contributed by atoms with E-state index < -0.39 is 0 Å². The Morgan fingerprint density at radius 1 is 1.55 bits per heavy atom. The maximum atomic E-state index is 12.3. The molecule has 1 fully saturated rings. The van der Waals surface area contributed by atoms with Gasteiger partial charge in [0.25, 0.3) is 5.91 Å². The predicted molar refractivity (Wildman–Crippen MR) is 79.7 cm³/mol. The Morgan fingerprint density at radius 3 is 2.95 bits per heavy atom. The second kappa shape index (κ2) is 6.78. The van der Waals surface area contributed by atoms with Crippen LogP contribution in [0.25, 0.3) is 0 Å². The first-order valence-electron chi connectivity index (χ1n) is 6.80. The molecule has 1 amide bonds. The molecule has 3 nitrogen and oxygen atoms in total. The van der Waals surface area contributed by atoms with Crippen molar-refractivity contribution >= 4 is 17.5 Å². The lowest BCUT2D eigenvalue weighted by Crippen LogP contribution is -2.28. The summed E-state index contributed by atoms with van der Waals surface area (Å²) < 4.78 is 0. The van der Waals surface area contributed by atoms with Crippen molar-refractivity contribution in [2.24, 2.45) is 5.92 Å². The standard InChI is InChI=1S/C16H18ClNO2/c1-12-7-8-18(11-12)16(20)14-6-5-13(15(17)10-14)4-2-3-9-19/h5-6,10,12,19H,3,7-9,11H2,1H3. The van der Waals surface area contributed by atoms with Gasteiger partial charge in [-0.05, 0) is 30.5 Å². The molecule has 1 N–H and O–H groups in total. The highest BCUT2D eigenvalue weighted by Crippen LogP contribution is 2.21. The summed E-state index contributed by atoms with van der Waals surface area (Å²) in [6.07, 6.45) is 1.48. The van der Waals surface area contributed by atoms with Gasteiger partial charge < -0.3 is 10.0 Å². The van der Waals surface area contributed by atoms with E-state index in [4.69, 9.17) is 16.7 Å². The molecule has 0 aliphatic carbocycles. The van der Waals surface area contributed by atoms with Gasteiger partial charge in [-0.25, -0.2) is 0 Å². The van der Waals surface area contributed by atoms with Gasteiger partial charge in [-0.1, -0.05) is 30.4 Å². The van der Waals surface area contributed by atoms with E-state index in [-0.39, 0.29) is 12.5 Å². The molecule has 1 aliphatic heterocycles. The second-order valence-electron chi connectivity index (χ2n) is 5.12. The molecule has 1 aromatic rings. The molecule has 1 aliphatic rings. The summed E-state index contributed by atoms with van der Waals surface area (Å²) in [5.41, 5.74) is 1.29. The Balaban J connectivity index is 2.13. The average Bonchev–Trinajstić information content (AvgIpc) is 2.86. The number of halogens is 1. The normalized spacial score (nSPS) is 17.8. The van der Waals surface area contributed by atoms with Gasteiger partial charge in [0, 0.05) is 30.6 Å². The van der Waals surface area contributed by atoms with Gasteiger partial charge in [0.1, 0.15) is 0 Å². The minimum absolute atomic E-state index is 0.0334. The zero-order valence-corrected chi connectivity index (χ0v) is 12.3. The van der Waals surface area contributed by atoms with E-state index in [1.54, 1.807) is 18.2 Å². The molecule has 1 unspecified atom stereocenters. The van der Waals surface area contributed by atoms with E-state index in [2.05, 4.69) is 18.8 Å². The number of aliphatic hydroxyl groups excluding tert-OH is 1. The third-order valence-electron chi connectivity index (χ3n) is 3.39. The van der Waals surface area contributed by atoms with Crippen LogP contribution in [0.5, 0.6) is 0 Å². The fraction of sp³-hybridized carbons (Fsp3) is 0.438. The van der Waals surface area contributed by atoms with Crippen molar-refractivity contribution in [3.63, 3.8) is 0 Å². The van der Waals surface area contributed by atoms with E-state index in [0.29, 0.717) is 28.5 Å². The Morgan fingerprint density at radius 2 is 2.35 bits per heavy atom. The van der Waals surface area contributed by atoms with Crippen LogP contribution in [-0.4, -0.2) is 35.6 Å². The largest absolute Gasteiger partial charge is 0.395 e. The smallest absolute Gasteiger partial charge is 0.253 e. The van der Waals surface area contributed by atoms with Crippen molar-refractivity contribution in [3.8, 4) is 11.8 Å². The van der Waals surface area contributed by atoms with Crippen LogP contribution in [0.4, 0.5) is 0 Å². The minimum Gasteiger partial charge on any atom is -0.395 e. The topological polar surface area (TPSA) is 40.5 Å². The van der Waals surface area contributed by atoms with Crippen LogP contribution in [-0.2, 0) is 0 Å². The van der Waals surface area contributed by atoms with E-state index in [1.807, 2.05) is 4.90 Å². The number of likely N-dealkylation sites (tertiary alicyclic amines) is 1. The zero-order valence-electron chi connectivity index (χ0n) is 11.5. The van der Waals surface area contributed by atoms with Crippen LogP contribution < -0.4 is 0 Å². The Kier molecular flexibility index (Phi) is 5.05. The first kappa shape index (κ1) is 14.9. The van der Waals surface area contributed by atoms with Crippen molar-refractivity contribution in [2.45, 2.75) is 19.8 Å². The molecule has 0 saturated carbocycles. The van der Waals surface area contributed by atoms with Gasteiger partial charge in [0.05, 0.1) is 11.6 Å². The minimum atomic E-state index is 0.0334. The SMILES string of the molecule is CC1CCN(C(=O)c2ccc(C#CCCO)c(Cl)c2)C1. The lowest BCUT2D eigenvalue weighted by atomic mass is 10.1. The molecule has 1 heterocycles. The van der Waals surface area contributed by atoms with Crippen LogP contribution in [0.2, 0.25) is 5.02 Å². The van der Waals surface area contributed by atoms with Gasteiger partial charge in [-0.3, -0.25) is 4.79 Å². The summed E-state index contributed by atoms with van der Waals surface area (Å²) in [7, 11) is 0. The molecular weight excluding hydrogens is 274 g/mol. The first-order chi connectivity index (χ1) is 9.61. The molecule has 1 aromatic carbocycles. The van der Waals surface area contributed by atoms with Gasteiger partial charge in [0.2, 0.25) is 0 Å². The van der Waals surface area contributed by atoms with Crippen molar-refractivity contribution in [3.05, 3.63) is 34.3 Å². The highest BCUT2D eigenvalue weighted by molar-refractivity contribution is 6.32. The second-order valence-corrected chi connectivity index (χ2v) is 5.52. The number of amides is 1. The maximum absolute atomic E-state index is 12.3. The number of hydrogen-bond acceptors (Lipinski definition) is 2. The summed E-state index contributed by atoms with van der Waals surface area (Å²) >= 11 is 6.15. The highest BCUT2D eigenvalue weighted by Gasteiger charge is 2.24.